The van der Waals surface area contributed by atoms with Crippen LogP contribution in [0.2, 0.25) is 0 Å². The summed E-state index contributed by atoms with van der Waals surface area (Å²) < 4.78 is 15.7. The first-order chi connectivity index (χ1) is 13.4. The number of halogens is 1. The molecule has 1 aliphatic heterocycles. The molecule has 1 fully saturated rings. The molecule has 0 aliphatic carbocycles. The summed E-state index contributed by atoms with van der Waals surface area (Å²) in [6.07, 6.45) is 3.58. The van der Waals surface area contributed by atoms with Crippen LogP contribution < -0.4 is 16.6 Å². The number of anilines is 1. The third-order valence-electron chi connectivity index (χ3n) is 4.61. The molecule has 0 saturated carbocycles. The Bertz CT molecular complexity index is 946. The number of aliphatic hydroxyl groups is 1. The number of carbonyl (C=O) groups is 2. The Labute approximate surface area is 160 Å². The molecule has 1 unspecified atom stereocenters. The van der Waals surface area contributed by atoms with Crippen molar-refractivity contribution < 1.29 is 19.1 Å². The first-order valence-electron chi connectivity index (χ1n) is 8.67. The molecule has 1 radical (unpaired) electrons. The summed E-state index contributed by atoms with van der Waals surface area (Å²) >= 11 is 0. The Balaban J connectivity index is 1.73. The third-order valence-corrected chi connectivity index (χ3v) is 4.61. The number of likely N-dealkylation sites (tertiary alicyclic amines) is 1. The lowest BCUT2D eigenvalue weighted by molar-refractivity contribution is -0.124. The zero-order chi connectivity index (χ0) is 20.3. The number of nitrogens with one attached hydrogen (secondary N) is 1. The monoisotopic (exact) mass is 387 g/mol. The maximum atomic E-state index is 14.4. The van der Waals surface area contributed by atoms with Gasteiger partial charge in [-0.05, 0) is 31.0 Å². The molecular weight excluding hydrogens is 367 g/mol. The van der Waals surface area contributed by atoms with Crippen LogP contribution in [0.25, 0.3) is 5.69 Å². The van der Waals surface area contributed by atoms with Crippen LogP contribution in [0.15, 0.2) is 47.4 Å². The molecule has 1 aliphatic rings. The molecule has 4 N–H and O–H groups in total. The molecule has 1 saturated heterocycles. The van der Waals surface area contributed by atoms with Crippen LogP contribution in [0.3, 0.4) is 0 Å². The summed E-state index contributed by atoms with van der Waals surface area (Å²) in [7, 11) is 0. The Hall–Kier alpha value is -3.04. The molecule has 1 aromatic carbocycles. The van der Waals surface area contributed by atoms with E-state index in [1.165, 1.54) is 33.9 Å². The van der Waals surface area contributed by atoms with Gasteiger partial charge in [0, 0.05) is 24.4 Å². The fraction of sp³-hybridized carbons (Fsp3) is 0.263. The quantitative estimate of drug-likeness (QED) is 0.647. The Morgan fingerprint density at radius 1 is 1.29 bits per heavy atom. The van der Waals surface area contributed by atoms with Crippen LogP contribution in [0.5, 0.6) is 0 Å². The highest BCUT2D eigenvalue weighted by Crippen LogP contribution is 2.23. The molecule has 0 spiro atoms. The molecule has 28 heavy (non-hydrogen) atoms. The van der Waals surface area contributed by atoms with Gasteiger partial charge >= 0.3 is 0 Å². The normalized spacial score (nSPS) is 19.5. The summed E-state index contributed by atoms with van der Waals surface area (Å²) in [5.74, 6) is -1.88. The predicted octanol–water partition coefficient (Wildman–Crippen LogP) is 0.0399. The van der Waals surface area contributed by atoms with Gasteiger partial charge in [-0.2, -0.15) is 0 Å². The molecule has 2 aromatic rings. The van der Waals surface area contributed by atoms with Crippen molar-refractivity contribution in [1.29, 1.82) is 0 Å². The average molecular weight is 387 g/mol. The lowest BCUT2D eigenvalue weighted by atomic mass is 10.2. The summed E-state index contributed by atoms with van der Waals surface area (Å²) in [6.45, 7) is -0.461. The van der Waals surface area contributed by atoms with Gasteiger partial charge in [0.2, 0.25) is 11.8 Å². The van der Waals surface area contributed by atoms with Crippen LogP contribution in [0.1, 0.15) is 6.42 Å². The van der Waals surface area contributed by atoms with Gasteiger partial charge in [0.05, 0.1) is 30.6 Å². The van der Waals surface area contributed by atoms with E-state index >= 15 is 0 Å². The maximum absolute atomic E-state index is 14.4. The van der Waals surface area contributed by atoms with Crippen molar-refractivity contribution >= 4 is 17.5 Å². The van der Waals surface area contributed by atoms with Crippen LogP contribution >= 0.6 is 0 Å². The van der Waals surface area contributed by atoms with E-state index in [0.717, 1.165) is 6.07 Å². The van der Waals surface area contributed by atoms with Crippen LogP contribution in [-0.2, 0) is 9.59 Å². The summed E-state index contributed by atoms with van der Waals surface area (Å²) in [6, 6.07) is 7.42. The van der Waals surface area contributed by atoms with Gasteiger partial charge in [-0.25, -0.2) is 4.39 Å². The van der Waals surface area contributed by atoms with Crippen LogP contribution in [0.4, 0.5) is 10.1 Å². The first-order valence-corrected chi connectivity index (χ1v) is 8.67. The second kappa shape index (κ2) is 8.32. The zero-order valence-electron chi connectivity index (χ0n) is 14.9. The highest BCUT2D eigenvalue weighted by Gasteiger charge is 2.37. The number of carbonyl (C=O) groups excluding carboxylic acids is 2. The fourth-order valence-electron chi connectivity index (χ4n) is 3.22. The smallest absolute Gasteiger partial charge is 0.255 e. The van der Waals surface area contributed by atoms with E-state index in [1.54, 1.807) is 18.6 Å². The second-order valence-electron chi connectivity index (χ2n) is 6.45. The van der Waals surface area contributed by atoms with E-state index < -0.39 is 29.7 Å². The van der Waals surface area contributed by atoms with Gasteiger partial charge in [-0.3, -0.25) is 23.9 Å². The topological polar surface area (TPSA) is 118 Å². The van der Waals surface area contributed by atoms with Crippen LogP contribution in [0, 0.1) is 12.2 Å². The number of aliphatic hydroxyl groups excluding tert-OH is 1. The van der Waals surface area contributed by atoms with Crippen molar-refractivity contribution in [2.75, 3.05) is 18.5 Å². The van der Waals surface area contributed by atoms with E-state index in [1.807, 2.05) is 0 Å². The van der Waals surface area contributed by atoms with Gasteiger partial charge < -0.3 is 16.2 Å². The number of pyridine rings is 1. The number of rotatable bonds is 6. The van der Waals surface area contributed by atoms with E-state index in [-0.39, 0.29) is 24.4 Å². The molecule has 3 rings (SSSR count). The predicted molar refractivity (Wildman–Crippen MR) is 100 cm³/mol. The summed E-state index contributed by atoms with van der Waals surface area (Å²) in [4.78, 5) is 37.2. The van der Waals surface area contributed by atoms with Crippen LogP contribution in [-0.4, -0.2) is 51.6 Å². The molecule has 8 nitrogen and oxygen atoms in total. The Morgan fingerprint density at radius 2 is 2.07 bits per heavy atom. The number of nitrogens with zero attached hydrogens (tertiary/aromatic N) is 2. The van der Waals surface area contributed by atoms with Crippen molar-refractivity contribution in [3.8, 4) is 5.69 Å². The van der Waals surface area contributed by atoms with Crippen molar-refractivity contribution in [1.82, 2.24) is 9.47 Å². The lowest BCUT2D eigenvalue weighted by Gasteiger charge is -2.26. The van der Waals surface area contributed by atoms with E-state index in [0.29, 0.717) is 12.1 Å². The van der Waals surface area contributed by atoms with E-state index in [2.05, 4.69) is 5.32 Å². The molecule has 2 heterocycles. The van der Waals surface area contributed by atoms with Crippen molar-refractivity contribution in [3.63, 3.8) is 0 Å². The molecular formula is C19H20FN4O4. The number of hydrogen-bond donors (Lipinski definition) is 3. The number of hydrogen-bond acceptors (Lipinski definition) is 5. The molecule has 9 heteroatoms. The number of aromatic nitrogens is 1. The molecule has 2 atom stereocenters. The Kier molecular flexibility index (Phi) is 5.86. The SMILES string of the molecule is NC(=O)C1[CH]C[C@@H](CO)N1CC(=O)Nc1ccc(-n2ccccc2=O)cc1F. The molecule has 2 amide bonds. The fourth-order valence-corrected chi connectivity index (χ4v) is 3.22. The first kappa shape index (κ1) is 19.7. The zero-order valence-corrected chi connectivity index (χ0v) is 14.9. The number of nitrogens with two attached hydrogens (primary N) is 1. The lowest BCUT2D eigenvalue weighted by Crippen LogP contribution is -2.48. The van der Waals surface area contributed by atoms with Gasteiger partial charge in [0.15, 0.2) is 0 Å². The van der Waals surface area contributed by atoms with Crippen molar-refractivity contribution in [3.05, 3.63) is 65.2 Å². The van der Waals surface area contributed by atoms with Crippen molar-refractivity contribution in [2.45, 2.75) is 18.5 Å². The minimum atomic E-state index is -0.764. The van der Waals surface area contributed by atoms with E-state index in [4.69, 9.17) is 5.73 Å². The van der Waals surface area contributed by atoms with Gasteiger partial charge in [0.1, 0.15) is 5.82 Å². The number of benzene rings is 1. The highest BCUT2D eigenvalue weighted by molar-refractivity contribution is 5.93. The maximum Gasteiger partial charge on any atom is 0.255 e. The highest BCUT2D eigenvalue weighted by atomic mass is 19.1. The molecule has 1 aromatic heterocycles. The second-order valence-corrected chi connectivity index (χ2v) is 6.45. The number of amides is 2. The molecule has 0 bridgehead atoms. The average Bonchev–Trinajstić information content (AvgIpc) is 3.06. The third kappa shape index (κ3) is 4.10. The standard InChI is InChI=1S/C19H20FN4O4/c20-14-9-12(23-8-2-1-3-18(23)27)4-6-15(14)22-17(26)10-24-13(11-25)5-7-16(24)19(21)28/h1-4,6-9,13,16,25H,5,10-11H2,(H2,21,28)(H,22,26)/t13-,16?/m0/s1. The molecule has 147 valence electrons. The van der Waals surface area contributed by atoms with E-state index in [9.17, 15) is 23.9 Å². The summed E-state index contributed by atoms with van der Waals surface area (Å²) in [5.41, 5.74) is 5.29. The van der Waals surface area contributed by atoms with Gasteiger partial charge in [0.25, 0.3) is 5.56 Å². The van der Waals surface area contributed by atoms with Crippen molar-refractivity contribution in [2.24, 2.45) is 5.73 Å². The summed E-state index contributed by atoms with van der Waals surface area (Å²) in [5, 5.41) is 11.9. The Morgan fingerprint density at radius 3 is 2.71 bits per heavy atom. The minimum absolute atomic E-state index is 0.0583. The minimum Gasteiger partial charge on any atom is -0.395 e. The largest absolute Gasteiger partial charge is 0.395 e. The number of primary amides is 1. The van der Waals surface area contributed by atoms with Gasteiger partial charge in [-0.15, -0.1) is 0 Å². The van der Waals surface area contributed by atoms with Gasteiger partial charge in [-0.1, -0.05) is 6.07 Å².